The van der Waals surface area contributed by atoms with Crippen molar-refractivity contribution in [2.24, 2.45) is 5.92 Å². The molecule has 8 nitrogen and oxygen atoms in total. The Kier molecular flexibility index (Phi) is 5.30. The van der Waals surface area contributed by atoms with Gasteiger partial charge in [-0.1, -0.05) is 17.7 Å². The fourth-order valence-electron chi connectivity index (χ4n) is 3.36. The van der Waals surface area contributed by atoms with Crippen molar-refractivity contribution in [1.29, 1.82) is 0 Å². The van der Waals surface area contributed by atoms with Crippen LogP contribution in [0.1, 0.15) is 17.5 Å². The van der Waals surface area contributed by atoms with E-state index < -0.39 is 16.7 Å². The van der Waals surface area contributed by atoms with Gasteiger partial charge in [-0.2, -0.15) is 0 Å². The largest absolute Gasteiger partial charge is 0.497 e. The van der Waals surface area contributed by atoms with Crippen molar-refractivity contribution in [3.8, 4) is 5.75 Å². The summed E-state index contributed by atoms with van der Waals surface area (Å²) in [5, 5.41) is 13.8. The molecule has 0 unspecified atom stereocenters. The number of anilines is 2. The van der Waals surface area contributed by atoms with Crippen LogP contribution in [0.3, 0.4) is 0 Å². The molecule has 1 aliphatic heterocycles. The van der Waals surface area contributed by atoms with Crippen molar-refractivity contribution in [1.82, 2.24) is 0 Å². The third-order valence-corrected chi connectivity index (χ3v) is 4.80. The van der Waals surface area contributed by atoms with Crippen molar-refractivity contribution in [2.45, 2.75) is 20.3 Å². The van der Waals surface area contributed by atoms with E-state index in [-0.39, 0.29) is 30.2 Å². The lowest BCUT2D eigenvalue weighted by Crippen LogP contribution is -2.28. The SMILES string of the molecule is COc1ccc([N+](=O)[O-])c(NC(=O)[C@H]2CC(=O)N(c3ccc(C)cc3C)C2)c1. The van der Waals surface area contributed by atoms with Crippen molar-refractivity contribution in [3.63, 3.8) is 0 Å². The quantitative estimate of drug-likeness (QED) is 0.631. The molecule has 2 aromatic carbocycles. The summed E-state index contributed by atoms with van der Waals surface area (Å²) >= 11 is 0. The van der Waals surface area contributed by atoms with Crippen molar-refractivity contribution in [2.75, 3.05) is 23.9 Å². The predicted molar refractivity (Wildman–Crippen MR) is 105 cm³/mol. The summed E-state index contributed by atoms with van der Waals surface area (Å²) in [4.78, 5) is 37.4. The van der Waals surface area contributed by atoms with Crippen LogP contribution in [0.5, 0.6) is 5.75 Å². The minimum Gasteiger partial charge on any atom is -0.497 e. The third-order valence-electron chi connectivity index (χ3n) is 4.80. The Morgan fingerprint density at radius 1 is 1.25 bits per heavy atom. The smallest absolute Gasteiger partial charge is 0.293 e. The second-order valence-corrected chi connectivity index (χ2v) is 6.82. The maximum atomic E-state index is 12.7. The van der Waals surface area contributed by atoms with Crippen LogP contribution in [-0.4, -0.2) is 30.4 Å². The highest BCUT2D eigenvalue weighted by Crippen LogP contribution is 2.32. The molecule has 146 valence electrons. The molecule has 0 bridgehead atoms. The Bertz CT molecular complexity index is 957. The van der Waals surface area contributed by atoms with Gasteiger partial charge in [-0.15, -0.1) is 0 Å². The predicted octanol–water partition coefficient (Wildman–Crippen LogP) is 3.21. The lowest BCUT2D eigenvalue weighted by atomic mass is 10.1. The van der Waals surface area contributed by atoms with E-state index >= 15 is 0 Å². The Balaban J connectivity index is 1.79. The molecule has 1 fully saturated rings. The summed E-state index contributed by atoms with van der Waals surface area (Å²) in [6, 6.07) is 9.90. The van der Waals surface area contributed by atoms with Gasteiger partial charge in [-0.25, -0.2) is 0 Å². The standard InChI is InChI=1S/C20H21N3O5/c1-12-4-6-17(13(2)8-12)22-11-14(9-19(22)24)20(25)21-16-10-15(28-3)5-7-18(16)23(26)27/h4-8,10,14H,9,11H2,1-3H3,(H,21,25)/t14-/m0/s1. The van der Waals surface area contributed by atoms with Crippen LogP contribution in [0.4, 0.5) is 17.1 Å². The summed E-state index contributed by atoms with van der Waals surface area (Å²) in [7, 11) is 1.43. The zero-order chi connectivity index (χ0) is 20.4. The van der Waals surface area contributed by atoms with E-state index in [1.54, 1.807) is 4.90 Å². The van der Waals surface area contributed by atoms with Gasteiger partial charge in [0.25, 0.3) is 5.69 Å². The molecule has 28 heavy (non-hydrogen) atoms. The number of nitrogens with zero attached hydrogens (tertiary/aromatic N) is 2. The maximum absolute atomic E-state index is 12.7. The number of hydrogen-bond acceptors (Lipinski definition) is 5. The van der Waals surface area contributed by atoms with E-state index in [2.05, 4.69) is 5.32 Å². The third kappa shape index (κ3) is 3.80. The lowest BCUT2D eigenvalue weighted by Gasteiger charge is -2.19. The average Bonchev–Trinajstić information content (AvgIpc) is 3.03. The minimum absolute atomic E-state index is 0.0479. The fraction of sp³-hybridized carbons (Fsp3) is 0.300. The van der Waals surface area contributed by atoms with Crippen LogP contribution >= 0.6 is 0 Å². The van der Waals surface area contributed by atoms with E-state index in [1.807, 2.05) is 32.0 Å². The molecule has 1 saturated heterocycles. The van der Waals surface area contributed by atoms with Crippen LogP contribution in [0.2, 0.25) is 0 Å². The number of hydrogen-bond donors (Lipinski definition) is 1. The maximum Gasteiger partial charge on any atom is 0.293 e. The molecule has 8 heteroatoms. The highest BCUT2D eigenvalue weighted by atomic mass is 16.6. The Labute approximate surface area is 162 Å². The van der Waals surface area contributed by atoms with E-state index in [0.717, 1.165) is 16.8 Å². The Morgan fingerprint density at radius 3 is 2.64 bits per heavy atom. The van der Waals surface area contributed by atoms with Crippen LogP contribution in [0, 0.1) is 29.9 Å². The van der Waals surface area contributed by atoms with E-state index in [0.29, 0.717) is 5.75 Å². The average molecular weight is 383 g/mol. The summed E-state index contributed by atoms with van der Waals surface area (Å²) in [5.41, 5.74) is 2.64. The number of rotatable bonds is 5. The van der Waals surface area contributed by atoms with Gasteiger partial charge in [0, 0.05) is 30.8 Å². The lowest BCUT2D eigenvalue weighted by molar-refractivity contribution is -0.383. The first kappa shape index (κ1) is 19.3. The number of amides is 2. The summed E-state index contributed by atoms with van der Waals surface area (Å²) in [6.45, 7) is 4.12. The van der Waals surface area contributed by atoms with E-state index in [9.17, 15) is 19.7 Å². The Hall–Kier alpha value is -3.42. The van der Waals surface area contributed by atoms with Gasteiger partial charge in [0.15, 0.2) is 0 Å². The van der Waals surface area contributed by atoms with Crippen LogP contribution in [0.25, 0.3) is 0 Å². The van der Waals surface area contributed by atoms with Crippen molar-refractivity contribution >= 4 is 28.9 Å². The zero-order valence-corrected chi connectivity index (χ0v) is 15.9. The highest BCUT2D eigenvalue weighted by Gasteiger charge is 2.36. The summed E-state index contributed by atoms with van der Waals surface area (Å²) < 4.78 is 5.08. The number of carbonyl (C=O) groups excluding carboxylic acids is 2. The normalized spacial score (nSPS) is 16.2. The molecule has 1 atom stereocenters. The number of ether oxygens (including phenoxy) is 1. The van der Waals surface area contributed by atoms with Gasteiger partial charge >= 0.3 is 0 Å². The molecule has 2 amide bonds. The molecule has 2 aromatic rings. The van der Waals surface area contributed by atoms with Crippen LogP contribution in [0.15, 0.2) is 36.4 Å². The second-order valence-electron chi connectivity index (χ2n) is 6.82. The molecule has 0 saturated carbocycles. The van der Waals surface area contributed by atoms with Gasteiger partial charge in [0.2, 0.25) is 11.8 Å². The van der Waals surface area contributed by atoms with E-state index in [1.165, 1.54) is 25.3 Å². The molecule has 0 spiro atoms. The number of nitrogens with one attached hydrogen (secondary N) is 1. The summed E-state index contributed by atoms with van der Waals surface area (Å²) in [6.07, 6.45) is 0.0525. The van der Waals surface area contributed by atoms with Gasteiger partial charge < -0.3 is 15.0 Å². The number of methoxy groups -OCH3 is 1. The van der Waals surface area contributed by atoms with Crippen molar-refractivity contribution in [3.05, 3.63) is 57.6 Å². The Morgan fingerprint density at radius 2 is 2.00 bits per heavy atom. The zero-order valence-electron chi connectivity index (χ0n) is 15.9. The molecule has 1 N–H and O–H groups in total. The van der Waals surface area contributed by atoms with Gasteiger partial charge in [-0.05, 0) is 31.5 Å². The van der Waals surface area contributed by atoms with E-state index in [4.69, 9.17) is 4.74 Å². The monoisotopic (exact) mass is 383 g/mol. The minimum atomic E-state index is -0.598. The second kappa shape index (κ2) is 7.67. The number of aryl methyl sites for hydroxylation is 2. The highest BCUT2D eigenvalue weighted by molar-refractivity contribution is 6.04. The molecule has 3 rings (SSSR count). The van der Waals surface area contributed by atoms with Crippen LogP contribution in [-0.2, 0) is 9.59 Å². The number of benzene rings is 2. The first-order chi connectivity index (χ1) is 13.3. The molecule has 1 aliphatic rings. The van der Waals surface area contributed by atoms with Gasteiger partial charge in [0.05, 0.1) is 18.0 Å². The molecule has 0 aliphatic carbocycles. The van der Waals surface area contributed by atoms with Crippen molar-refractivity contribution < 1.29 is 19.2 Å². The molecular weight excluding hydrogens is 362 g/mol. The van der Waals surface area contributed by atoms with Gasteiger partial charge in [-0.3, -0.25) is 19.7 Å². The van der Waals surface area contributed by atoms with Gasteiger partial charge in [0.1, 0.15) is 11.4 Å². The topological polar surface area (TPSA) is 102 Å². The summed E-state index contributed by atoms with van der Waals surface area (Å²) in [5.74, 6) is -0.788. The first-order valence-corrected chi connectivity index (χ1v) is 8.81. The number of nitro benzene ring substituents is 1. The van der Waals surface area contributed by atoms with Crippen LogP contribution < -0.4 is 15.0 Å². The number of carbonyl (C=O) groups is 2. The molecular formula is C20H21N3O5. The number of nitro groups is 1. The molecule has 0 aromatic heterocycles. The molecule has 0 radical (unpaired) electrons. The first-order valence-electron chi connectivity index (χ1n) is 8.81. The molecule has 1 heterocycles. The fourth-order valence-corrected chi connectivity index (χ4v) is 3.36.